The number of carbonyl (C=O) groups excluding carboxylic acids is 1. The van der Waals surface area contributed by atoms with Crippen LogP contribution in [0.3, 0.4) is 0 Å². The quantitative estimate of drug-likeness (QED) is 0.793. The van der Waals surface area contributed by atoms with Crippen LogP contribution in [0.2, 0.25) is 0 Å². The summed E-state index contributed by atoms with van der Waals surface area (Å²) in [4.78, 5) is 20.4. The number of nitrogens with one attached hydrogen (secondary N) is 1. The average Bonchev–Trinajstić information content (AvgIpc) is 2.72. The van der Waals surface area contributed by atoms with Crippen LogP contribution in [0.15, 0.2) is 41.2 Å². The monoisotopic (exact) mass is 409 g/mol. The molecule has 0 saturated heterocycles. The molecule has 1 amide bonds. The van der Waals surface area contributed by atoms with E-state index in [1.165, 1.54) is 18.8 Å². The summed E-state index contributed by atoms with van der Waals surface area (Å²) in [5.41, 5.74) is -0.311. The van der Waals surface area contributed by atoms with Gasteiger partial charge >= 0.3 is 6.18 Å². The fourth-order valence-corrected chi connectivity index (χ4v) is 3.80. The van der Waals surface area contributed by atoms with Crippen LogP contribution in [0.1, 0.15) is 44.6 Å². The normalized spacial score (nSPS) is 21.7. The SMILES string of the molecule is C[C@@H](NC(=O)C1C=C(C(F)(F)F)C(OCc2ccncc2)=NC1)C1CCCCC1. The molecule has 2 heterocycles. The third kappa shape index (κ3) is 5.81. The molecule has 0 radical (unpaired) electrons. The molecule has 1 aliphatic carbocycles. The number of alkyl halides is 3. The number of halogens is 3. The first-order valence-corrected chi connectivity index (χ1v) is 10.0. The Kier molecular flexibility index (Phi) is 6.92. The van der Waals surface area contributed by atoms with E-state index >= 15 is 0 Å². The molecule has 0 aromatic carbocycles. The maximum Gasteiger partial charge on any atom is 0.421 e. The summed E-state index contributed by atoms with van der Waals surface area (Å²) < 4.78 is 45.9. The van der Waals surface area contributed by atoms with Crippen LogP contribution >= 0.6 is 0 Å². The summed E-state index contributed by atoms with van der Waals surface area (Å²) in [6, 6.07) is 3.26. The number of carbonyl (C=O) groups is 1. The predicted octanol–water partition coefficient (Wildman–Crippen LogP) is 4.20. The molecule has 2 atom stereocenters. The number of nitrogens with zero attached hydrogens (tertiary/aromatic N) is 2. The van der Waals surface area contributed by atoms with Crippen LogP contribution in [-0.4, -0.2) is 35.6 Å². The molecule has 158 valence electrons. The number of aliphatic imine (C=N–C) groups is 1. The minimum atomic E-state index is -4.65. The van der Waals surface area contributed by atoms with E-state index in [-0.39, 0.29) is 19.2 Å². The standard InChI is InChI=1S/C21H26F3N3O2/c1-14(16-5-3-2-4-6-16)27-19(28)17-11-18(21(22,23)24)20(26-12-17)29-13-15-7-9-25-10-8-15/h7-11,14,16-17H,2-6,12-13H2,1H3,(H,27,28)/t14-,17?/m1/s1. The third-order valence-corrected chi connectivity index (χ3v) is 5.52. The minimum absolute atomic E-state index is 0.0512. The van der Waals surface area contributed by atoms with Gasteiger partial charge in [0.1, 0.15) is 12.2 Å². The second kappa shape index (κ2) is 9.41. The van der Waals surface area contributed by atoms with Gasteiger partial charge in [-0.05, 0) is 43.4 Å². The highest BCUT2D eigenvalue weighted by atomic mass is 19.4. The lowest BCUT2D eigenvalue weighted by atomic mass is 9.84. The van der Waals surface area contributed by atoms with E-state index in [2.05, 4.69) is 15.3 Å². The highest BCUT2D eigenvalue weighted by Gasteiger charge is 2.41. The molecule has 1 unspecified atom stereocenters. The number of ether oxygens (including phenoxy) is 1. The molecule has 3 rings (SSSR count). The zero-order valence-corrected chi connectivity index (χ0v) is 16.4. The number of hydrogen-bond donors (Lipinski definition) is 1. The highest BCUT2D eigenvalue weighted by Crippen LogP contribution is 2.32. The van der Waals surface area contributed by atoms with Crippen molar-refractivity contribution in [2.45, 2.75) is 57.9 Å². The zero-order chi connectivity index (χ0) is 20.9. The van der Waals surface area contributed by atoms with E-state index in [0.717, 1.165) is 31.8 Å². The summed E-state index contributed by atoms with van der Waals surface area (Å²) in [6.07, 6.45) is 4.92. The molecule has 0 bridgehead atoms. The Morgan fingerprint density at radius 3 is 2.59 bits per heavy atom. The van der Waals surface area contributed by atoms with E-state index in [1.807, 2.05) is 6.92 Å². The van der Waals surface area contributed by atoms with Gasteiger partial charge in [0.2, 0.25) is 11.8 Å². The minimum Gasteiger partial charge on any atom is -0.473 e. The molecule has 1 N–H and O–H groups in total. The van der Waals surface area contributed by atoms with Crippen LogP contribution in [0.5, 0.6) is 0 Å². The number of pyridine rings is 1. The maximum absolute atomic E-state index is 13.5. The Labute approximate surface area is 168 Å². The first-order chi connectivity index (χ1) is 13.8. The van der Waals surface area contributed by atoms with E-state index in [4.69, 9.17) is 4.74 Å². The Bertz CT molecular complexity index is 756. The predicted molar refractivity (Wildman–Crippen MR) is 103 cm³/mol. The van der Waals surface area contributed by atoms with Crippen molar-refractivity contribution in [3.05, 3.63) is 41.7 Å². The molecule has 29 heavy (non-hydrogen) atoms. The Morgan fingerprint density at radius 1 is 1.24 bits per heavy atom. The molecule has 1 fully saturated rings. The zero-order valence-electron chi connectivity index (χ0n) is 16.4. The molecule has 1 saturated carbocycles. The second-order valence-corrected chi connectivity index (χ2v) is 7.67. The fourth-order valence-electron chi connectivity index (χ4n) is 3.80. The van der Waals surface area contributed by atoms with Crippen molar-refractivity contribution in [1.29, 1.82) is 0 Å². The van der Waals surface area contributed by atoms with Crippen LogP contribution in [0.25, 0.3) is 0 Å². The van der Waals surface area contributed by atoms with Gasteiger partial charge in [-0.1, -0.05) is 25.3 Å². The van der Waals surface area contributed by atoms with Crippen LogP contribution in [-0.2, 0) is 16.1 Å². The largest absolute Gasteiger partial charge is 0.473 e. The Hall–Kier alpha value is -2.38. The first kappa shape index (κ1) is 21.3. The molecule has 1 aromatic heterocycles. The number of dihydropyridines is 1. The molecule has 8 heteroatoms. The molecule has 5 nitrogen and oxygen atoms in total. The van der Waals surface area contributed by atoms with Crippen LogP contribution < -0.4 is 5.32 Å². The van der Waals surface area contributed by atoms with Crippen molar-refractivity contribution in [1.82, 2.24) is 10.3 Å². The smallest absolute Gasteiger partial charge is 0.421 e. The van der Waals surface area contributed by atoms with Crippen molar-refractivity contribution in [3.63, 3.8) is 0 Å². The number of rotatable bonds is 5. The second-order valence-electron chi connectivity index (χ2n) is 7.67. The van der Waals surface area contributed by atoms with E-state index in [0.29, 0.717) is 11.5 Å². The summed E-state index contributed by atoms with van der Waals surface area (Å²) >= 11 is 0. The van der Waals surface area contributed by atoms with Crippen molar-refractivity contribution >= 4 is 11.8 Å². The van der Waals surface area contributed by atoms with Crippen LogP contribution in [0, 0.1) is 11.8 Å². The van der Waals surface area contributed by atoms with Gasteiger partial charge in [0.05, 0.1) is 12.5 Å². The number of aromatic nitrogens is 1. The molecule has 1 aromatic rings. The van der Waals surface area contributed by atoms with Gasteiger partial charge in [0, 0.05) is 18.4 Å². The Morgan fingerprint density at radius 2 is 1.93 bits per heavy atom. The van der Waals surface area contributed by atoms with Crippen molar-refractivity contribution in [2.75, 3.05) is 6.54 Å². The molecule has 2 aliphatic rings. The van der Waals surface area contributed by atoms with E-state index in [9.17, 15) is 18.0 Å². The van der Waals surface area contributed by atoms with Crippen molar-refractivity contribution < 1.29 is 22.7 Å². The molecule has 0 spiro atoms. The van der Waals surface area contributed by atoms with Gasteiger partial charge in [-0.25, -0.2) is 0 Å². The van der Waals surface area contributed by atoms with Gasteiger partial charge in [0.25, 0.3) is 0 Å². The summed E-state index contributed by atoms with van der Waals surface area (Å²) in [6.45, 7) is 1.82. The van der Waals surface area contributed by atoms with Gasteiger partial charge in [0.15, 0.2) is 0 Å². The highest BCUT2D eigenvalue weighted by molar-refractivity contribution is 5.97. The lowest BCUT2D eigenvalue weighted by molar-refractivity contribution is -0.124. The third-order valence-electron chi connectivity index (χ3n) is 5.52. The summed E-state index contributed by atoms with van der Waals surface area (Å²) in [5.74, 6) is -1.46. The van der Waals surface area contributed by atoms with Gasteiger partial charge in [-0.15, -0.1) is 0 Å². The van der Waals surface area contributed by atoms with Crippen LogP contribution in [0.4, 0.5) is 13.2 Å². The van der Waals surface area contributed by atoms with E-state index < -0.39 is 29.5 Å². The first-order valence-electron chi connectivity index (χ1n) is 10.0. The Balaban J connectivity index is 1.64. The van der Waals surface area contributed by atoms with Crippen molar-refractivity contribution in [3.8, 4) is 0 Å². The summed E-state index contributed by atoms with van der Waals surface area (Å²) in [7, 11) is 0. The van der Waals surface area contributed by atoms with Gasteiger partial charge < -0.3 is 10.1 Å². The fraction of sp³-hybridized carbons (Fsp3) is 0.571. The lowest BCUT2D eigenvalue weighted by Gasteiger charge is -2.30. The molecular weight excluding hydrogens is 383 g/mol. The topological polar surface area (TPSA) is 63.6 Å². The number of hydrogen-bond acceptors (Lipinski definition) is 4. The molecular formula is C21H26F3N3O2. The average molecular weight is 409 g/mol. The van der Waals surface area contributed by atoms with Crippen molar-refractivity contribution in [2.24, 2.45) is 16.8 Å². The number of amides is 1. The van der Waals surface area contributed by atoms with Gasteiger partial charge in [-0.3, -0.25) is 14.8 Å². The molecule has 1 aliphatic heterocycles. The van der Waals surface area contributed by atoms with Gasteiger partial charge in [-0.2, -0.15) is 13.2 Å². The maximum atomic E-state index is 13.5. The van der Waals surface area contributed by atoms with E-state index in [1.54, 1.807) is 12.1 Å². The lowest BCUT2D eigenvalue weighted by Crippen LogP contribution is -2.43. The summed E-state index contributed by atoms with van der Waals surface area (Å²) in [5, 5.41) is 2.90.